The lowest BCUT2D eigenvalue weighted by Crippen LogP contribution is -2.42. The van der Waals surface area contributed by atoms with E-state index >= 15 is 0 Å². The fraction of sp³-hybridized carbons (Fsp3) is 0.200. The number of rotatable bonds is 2. The first-order valence-electron chi connectivity index (χ1n) is 4.63. The van der Waals surface area contributed by atoms with Gasteiger partial charge in [0.15, 0.2) is 11.9 Å². The van der Waals surface area contributed by atoms with Gasteiger partial charge >= 0.3 is 0 Å². The zero-order valence-corrected chi connectivity index (χ0v) is 9.70. The van der Waals surface area contributed by atoms with E-state index in [1.807, 2.05) is 12.1 Å². The Kier molecular flexibility index (Phi) is 4.13. The van der Waals surface area contributed by atoms with Crippen molar-refractivity contribution in [1.29, 1.82) is 5.41 Å². The predicted molar refractivity (Wildman–Crippen MR) is 66.5 cm³/mol. The Bertz CT molecular complexity index is 398. The topological polar surface area (TPSA) is 91.5 Å². The minimum absolute atomic E-state index is 0.141. The molecule has 5 nitrogen and oxygen atoms in total. The number of nitrogens with two attached hydrogens (primary N) is 2. The van der Waals surface area contributed by atoms with E-state index in [1.54, 1.807) is 19.2 Å². The Balaban J connectivity index is 2.65. The van der Waals surface area contributed by atoms with E-state index in [4.69, 9.17) is 28.5 Å². The number of nitrogens with one attached hydrogen (secondary N) is 1. The van der Waals surface area contributed by atoms with Crippen LogP contribution in [0.25, 0.3) is 0 Å². The summed E-state index contributed by atoms with van der Waals surface area (Å²) in [6, 6.07) is 7.31. The van der Waals surface area contributed by atoms with Crippen LogP contribution in [0.5, 0.6) is 0 Å². The van der Waals surface area contributed by atoms with Crippen LogP contribution in [0.15, 0.2) is 29.3 Å². The SMILES string of the molecule is CN(C(=N)N)C(N)=NCc1ccc(Cl)cc1. The summed E-state index contributed by atoms with van der Waals surface area (Å²) >= 11 is 5.75. The second-order valence-electron chi connectivity index (χ2n) is 3.25. The normalized spacial score (nSPS) is 11.2. The standard InChI is InChI=1S/C10H14ClN5/c1-16(9(12)13)10(14)15-6-7-2-4-8(11)5-3-7/h2-5H,6H2,1H3,(H3,12,13)(H2,14,15). The van der Waals surface area contributed by atoms with Crippen LogP contribution in [0, 0.1) is 5.41 Å². The van der Waals surface area contributed by atoms with Crippen molar-refractivity contribution in [1.82, 2.24) is 4.90 Å². The second-order valence-corrected chi connectivity index (χ2v) is 3.68. The van der Waals surface area contributed by atoms with Gasteiger partial charge in [0, 0.05) is 12.1 Å². The molecule has 0 bridgehead atoms. The molecule has 0 saturated heterocycles. The van der Waals surface area contributed by atoms with Crippen molar-refractivity contribution in [3.8, 4) is 0 Å². The summed E-state index contributed by atoms with van der Waals surface area (Å²) in [5.74, 6) is 0.0693. The average Bonchev–Trinajstić information content (AvgIpc) is 2.26. The largest absolute Gasteiger partial charge is 0.370 e. The van der Waals surface area contributed by atoms with Crippen LogP contribution in [-0.2, 0) is 6.54 Å². The van der Waals surface area contributed by atoms with E-state index in [0.717, 1.165) is 5.56 Å². The molecule has 1 aromatic rings. The third-order valence-corrected chi connectivity index (χ3v) is 2.29. The molecular weight excluding hydrogens is 226 g/mol. The molecule has 0 aliphatic rings. The van der Waals surface area contributed by atoms with Crippen molar-refractivity contribution in [3.63, 3.8) is 0 Å². The highest BCUT2D eigenvalue weighted by Gasteiger charge is 2.03. The van der Waals surface area contributed by atoms with Crippen molar-refractivity contribution in [2.24, 2.45) is 16.5 Å². The molecule has 0 heterocycles. The first kappa shape index (κ1) is 12.3. The lowest BCUT2D eigenvalue weighted by Gasteiger charge is -2.14. The molecule has 16 heavy (non-hydrogen) atoms. The Labute approximate surface area is 99.2 Å². The molecule has 0 aliphatic carbocycles. The number of aliphatic imine (C=N–C) groups is 1. The van der Waals surface area contributed by atoms with Gasteiger partial charge in [-0.05, 0) is 17.7 Å². The zero-order valence-electron chi connectivity index (χ0n) is 8.94. The molecule has 0 radical (unpaired) electrons. The van der Waals surface area contributed by atoms with Gasteiger partial charge in [-0.2, -0.15) is 0 Å². The lowest BCUT2D eigenvalue weighted by molar-refractivity contribution is 0.714. The van der Waals surface area contributed by atoms with Crippen LogP contribution >= 0.6 is 11.6 Å². The quantitative estimate of drug-likeness (QED) is 0.531. The van der Waals surface area contributed by atoms with E-state index < -0.39 is 0 Å². The van der Waals surface area contributed by atoms with Gasteiger partial charge in [-0.25, -0.2) is 4.99 Å². The molecule has 0 fully saturated rings. The Hall–Kier alpha value is -1.75. The molecule has 0 spiro atoms. The molecule has 86 valence electrons. The fourth-order valence-corrected chi connectivity index (χ4v) is 1.12. The van der Waals surface area contributed by atoms with Gasteiger partial charge in [-0.15, -0.1) is 0 Å². The van der Waals surface area contributed by atoms with Crippen LogP contribution in [0.3, 0.4) is 0 Å². The smallest absolute Gasteiger partial charge is 0.198 e. The number of guanidine groups is 2. The van der Waals surface area contributed by atoms with Crippen LogP contribution in [0.1, 0.15) is 5.56 Å². The van der Waals surface area contributed by atoms with Gasteiger partial charge in [0.2, 0.25) is 0 Å². The van der Waals surface area contributed by atoms with Crippen LogP contribution < -0.4 is 11.5 Å². The number of halogens is 1. The van der Waals surface area contributed by atoms with Crippen molar-refractivity contribution < 1.29 is 0 Å². The molecule has 0 aromatic heterocycles. The molecule has 0 saturated carbocycles. The van der Waals surface area contributed by atoms with Crippen LogP contribution in [0.4, 0.5) is 0 Å². The third kappa shape index (κ3) is 3.43. The second kappa shape index (κ2) is 5.37. The van der Waals surface area contributed by atoms with E-state index in [1.165, 1.54) is 4.90 Å². The highest BCUT2D eigenvalue weighted by atomic mass is 35.5. The van der Waals surface area contributed by atoms with Gasteiger partial charge < -0.3 is 11.5 Å². The molecular formula is C10H14ClN5. The van der Waals surface area contributed by atoms with Gasteiger partial charge in [0.1, 0.15) is 0 Å². The van der Waals surface area contributed by atoms with Crippen molar-refractivity contribution in [2.45, 2.75) is 6.54 Å². The first-order valence-corrected chi connectivity index (χ1v) is 5.00. The van der Waals surface area contributed by atoms with Gasteiger partial charge in [-0.1, -0.05) is 23.7 Å². The summed E-state index contributed by atoms with van der Waals surface area (Å²) in [5.41, 5.74) is 11.9. The maximum atomic E-state index is 7.17. The lowest BCUT2D eigenvalue weighted by atomic mass is 10.2. The van der Waals surface area contributed by atoms with E-state index in [-0.39, 0.29) is 11.9 Å². The third-order valence-electron chi connectivity index (χ3n) is 2.04. The summed E-state index contributed by atoms with van der Waals surface area (Å²) < 4.78 is 0. The minimum Gasteiger partial charge on any atom is -0.370 e. The highest BCUT2D eigenvalue weighted by molar-refractivity contribution is 6.30. The highest BCUT2D eigenvalue weighted by Crippen LogP contribution is 2.10. The Morgan fingerprint density at radius 3 is 2.44 bits per heavy atom. The van der Waals surface area contributed by atoms with E-state index in [0.29, 0.717) is 11.6 Å². The maximum absolute atomic E-state index is 7.17. The number of hydrogen-bond donors (Lipinski definition) is 3. The van der Waals surface area contributed by atoms with Crippen molar-refractivity contribution in [2.75, 3.05) is 7.05 Å². The molecule has 5 N–H and O–H groups in total. The van der Waals surface area contributed by atoms with Crippen molar-refractivity contribution >= 4 is 23.5 Å². The summed E-state index contributed by atoms with van der Waals surface area (Å²) in [6.07, 6.45) is 0. The summed E-state index contributed by atoms with van der Waals surface area (Å²) in [4.78, 5) is 5.40. The zero-order chi connectivity index (χ0) is 12.1. The number of nitrogens with zero attached hydrogens (tertiary/aromatic N) is 2. The van der Waals surface area contributed by atoms with E-state index in [2.05, 4.69) is 4.99 Å². The van der Waals surface area contributed by atoms with E-state index in [9.17, 15) is 0 Å². The fourth-order valence-electron chi connectivity index (χ4n) is 0.992. The number of hydrogen-bond acceptors (Lipinski definition) is 2. The van der Waals surface area contributed by atoms with Gasteiger partial charge in [0.05, 0.1) is 6.54 Å². The van der Waals surface area contributed by atoms with Gasteiger partial charge in [0.25, 0.3) is 0 Å². The average molecular weight is 240 g/mol. The molecule has 0 aliphatic heterocycles. The minimum atomic E-state index is -0.141. The summed E-state index contributed by atoms with van der Waals surface area (Å²) in [6.45, 7) is 0.431. The molecule has 6 heteroatoms. The molecule has 1 rings (SSSR count). The maximum Gasteiger partial charge on any atom is 0.198 e. The van der Waals surface area contributed by atoms with Crippen molar-refractivity contribution in [3.05, 3.63) is 34.9 Å². The summed E-state index contributed by atoms with van der Waals surface area (Å²) in [5, 5.41) is 7.85. The molecule has 0 atom stereocenters. The molecule has 0 amide bonds. The molecule has 0 unspecified atom stereocenters. The predicted octanol–water partition coefficient (Wildman–Crippen LogP) is 0.980. The molecule has 1 aromatic carbocycles. The van der Waals surface area contributed by atoms with Gasteiger partial charge in [-0.3, -0.25) is 10.3 Å². The van der Waals surface area contributed by atoms with Crippen LogP contribution in [-0.4, -0.2) is 23.9 Å². The Morgan fingerprint density at radius 1 is 1.38 bits per heavy atom. The van der Waals surface area contributed by atoms with Crippen LogP contribution in [0.2, 0.25) is 5.02 Å². The Morgan fingerprint density at radius 2 is 1.94 bits per heavy atom. The number of benzene rings is 1. The monoisotopic (exact) mass is 239 g/mol. The summed E-state index contributed by atoms with van der Waals surface area (Å²) in [7, 11) is 1.59. The first-order chi connectivity index (χ1) is 7.50.